The fraction of sp³-hybridized carbons (Fsp3) is 0.150. The number of benzene rings is 2. The third-order valence-electron chi connectivity index (χ3n) is 4.33. The molecule has 0 spiro atoms. The molecule has 0 fully saturated rings. The summed E-state index contributed by atoms with van der Waals surface area (Å²) in [6, 6.07) is 12.8. The molecule has 0 saturated heterocycles. The van der Waals surface area contributed by atoms with E-state index >= 15 is 0 Å². The van der Waals surface area contributed by atoms with Gasteiger partial charge in [0.05, 0.1) is 26.1 Å². The van der Waals surface area contributed by atoms with E-state index in [4.69, 9.17) is 9.47 Å². The number of fused-ring (bicyclic) bond motifs is 3. The first-order chi connectivity index (χ1) is 13.6. The summed E-state index contributed by atoms with van der Waals surface area (Å²) in [4.78, 5) is 29.6. The lowest BCUT2D eigenvalue weighted by molar-refractivity contribution is -0.116. The monoisotopic (exact) mass is 395 g/mol. The standard InChI is InChI=1S/C20H17N3O4S/c1-26-14-8-7-12(9-15(14)27-2)22-17(24)10-23-11-21-18-13-5-3-4-6-16(13)28-19(18)20(23)25/h3-9,11H,10H2,1-2H3,(H,22,24). The van der Waals surface area contributed by atoms with Gasteiger partial charge in [0.2, 0.25) is 5.91 Å². The molecule has 0 aliphatic heterocycles. The number of amides is 1. The first kappa shape index (κ1) is 18.0. The summed E-state index contributed by atoms with van der Waals surface area (Å²) in [7, 11) is 3.06. The smallest absolute Gasteiger partial charge is 0.271 e. The van der Waals surface area contributed by atoms with Crippen molar-refractivity contribution in [2.24, 2.45) is 0 Å². The van der Waals surface area contributed by atoms with Crippen LogP contribution in [0.5, 0.6) is 11.5 Å². The lowest BCUT2D eigenvalue weighted by Gasteiger charge is -2.11. The Kier molecular flexibility index (Phi) is 4.70. The summed E-state index contributed by atoms with van der Waals surface area (Å²) in [5.41, 5.74) is 0.988. The van der Waals surface area contributed by atoms with Gasteiger partial charge in [-0.2, -0.15) is 0 Å². The molecule has 0 aliphatic carbocycles. The van der Waals surface area contributed by atoms with Gasteiger partial charge in [-0.25, -0.2) is 4.98 Å². The third-order valence-corrected chi connectivity index (χ3v) is 5.48. The second kappa shape index (κ2) is 7.32. The van der Waals surface area contributed by atoms with Crippen molar-refractivity contribution in [2.75, 3.05) is 19.5 Å². The minimum absolute atomic E-state index is 0.135. The number of carbonyl (C=O) groups is 1. The number of rotatable bonds is 5. The van der Waals surface area contributed by atoms with Crippen LogP contribution in [0.25, 0.3) is 20.3 Å². The zero-order valence-electron chi connectivity index (χ0n) is 15.3. The number of carbonyl (C=O) groups excluding carboxylic acids is 1. The molecule has 0 aliphatic rings. The first-order valence-corrected chi connectivity index (χ1v) is 9.31. The minimum atomic E-state index is -0.336. The molecule has 0 radical (unpaired) electrons. The average Bonchev–Trinajstić information content (AvgIpc) is 3.09. The van der Waals surface area contributed by atoms with Crippen molar-refractivity contribution in [1.82, 2.24) is 9.55 Å². The molecule has 0 atom stereocenters. The van der Waals surface area contributed by atoms with Crippen LogP contribution >= 0.6 is 11.3 Å². The number of methoxy groups -OCH3 is 2. The van der Waals surface area contributed by atoms with Gasteiger partial charge in [0, 0.05) is 21.8 Å². The zero-order valence-corrected chi connectivity index (χ0v) is 16.1. The fourth-order valence-corrected chi connectivity index (χ4v) is 4.10. The topological polar surface area (TPSA) is 82.5 Å². The highest BCUT2D eigenvalue weighted by atomic mass is 32.1. The highest BCUT2D eigenvalue weighted by Gasteiger charge is 2.13. The summed E-state index contributed by atoms with van der Waals surface area (Å²) in [6.45, 7) is -0.135. The van der Waals surface area contributed by atoms with Gasteiger partial charge in [0.25, 0.3) is 5.56 Å². The van der Waals surface area contributed by atoms with Gasteiger partial charge in [-0.05, 0) is 18.2 Å². The van der Waals surface area contributed by atoms with Gasteiger partial charge in [0.15, 0.2) is 11.5 Å². The van der Waals surface area contributed by atoms with Crippen molar-refractivity contribution in [3.8, 4) is 11.5 Å². The summed E-state index contributed by atoms with van der Waals surface area (Å²) in [5.74, 6) is 0.735. The van der Waals surface area contributed by atoms with E-state index in [0.717, 1.165) is 10.1 Å². The molecular weight excluding hydrogens is 378 g/mol. The van der Waals surface area contributed by atoms with E-state index in [1.165, 1.54) is 29.3 Å². The van der Waals surface area contributed by atoms with E-state index < -0.39 is 0 Å². The maximum atomic E-state index is 12.8. The van der Waals surface area contributed by atoms with Crippen LogP contribution in [0, 0.1) is 0 Å². The van der Waals surface area contributed by atoms with Crippen molar-refractivity contribution in [2.45, 2.75) is 6.54 Å². The van der Waals surface area contributed by atoms with Gasteiger partial charge in [-0.15, -0.1) is 11.3 Å². The quantitative estimate of drug-likeness (QED) is 0.561. The van der Waals surface area contributed by atoms with Crippen LogP contribution in [-0.4, -0.2) is 29.7 Å². The van der Waals surface area contributed by atoms with Crippen LogP contribution in [0.3, 0.4) is 0 Å². The van der Waals surface area contributed by atoms with Crippen LogP contribution in [0.2, 0.25) is 0 Å². The molecule has 28 heavy (non-hydrogen) atoms. The predicted molar refractivity (Wildman–Crippen MR) is 110 cm³/mol. The van der Waals surface area contributed by atoms with Crippen molar-refractivity contribution in [3.05, 3.63) is 59.1 Å². The largest absolute Gasteiger partial charge is 0.493 e. The van der Waals surface area contributed by atoms with Crippen molar-refractivity contribution in [1.29, 1.82) is 0 Å². The van der Waals surface area contributed by atoms with Crippen molar-refractivity contribution < 1.29 is 14.3 Å². The highest BCUT2D eigenvalue weighted by molar-refractivity contribution is 7.25. The number of hydrogen-bond acceptors (Lipinski definition) is 6. The Bertz CT molecular complexity index is 1250. The fourth-order valence-electron chi connectivity index (χ4n) is 3.00. The predicted octanol–water partition coefficient (Wildman–Crippen LogP) is 3.27. The maximum absolute atomic E-state index is 12.8. The SMILES string of the molecule is COc1ccc(NC(=O)Cn2cnc3c(sc4ccccc43)c2=O)cc1OC. The molecule has 1 N–H and O–H groups in total. The second-order valence-corrected chi connectivity index (χ2v) is 7.12. The van der Waals surface area contributed by atoms with Crippen LogP contribution < -0.4 is 20.3 Å². The zero-order chi connectivity index (χ0) is 19.7. The van der Waals surface area contributed by atoms with Gasteiger partial charge < -0.3 is 14.8 Å². The molecule has 2 aromatic heterocycles. The maximum Gasteiger partial charge on any atom is 0.271 e. The summed E-state index contributed by atoms with van der Waals surface area (Å²) in [6.07, 6.45) is 1.41. The lowest BCUT2D eigenvalue weighted by atomic mass is 10.2. The molecule has 0 saturated carbocycles. The molecule has 2 heterocycles. The summed E-state index contributed by atoms with van der Waals surface area (Å²) >= 11 is 1.38. The van der Waals surface area contributed by atoms with Gasteiger partial charge in [-0.1, -0.05) is 18.2 Å². The summed E-state index contributed by atoms with van der Waals surface area (Å²) in [5, 5.41) is 3.71. The molecule has 7 nitrogen and oxygen atoms in total. The van der Waals surface area contributed by atoms with Crippen molar-refractivity contribution in [3.63, 3.8) is 0 Å². The Balaban J connectivity index is 1.59. The van der Waals surface area contributed by atoms with Crippen LogP contribution in [0.1, 0.15) is 0 Å². The Morgan fingerprint density at radius 3 is 2.71 bits per heavy atom. The molecule has 4 rings (SSSR count). The van der Waals surface area contributed by atoms with E-state index in [2.05, 4.69) is 10.3 Å². The van der Waals surface area contributed by atoms with E-state index in [0.29, 0.717) is 27.4 Å². The first-order valence-electron chi connectivity index (χ1n) is 8.49. The van der Waals surface area contributed by atoms with Gasteiger partial charge in [-0.3, -0.25) is 14.2 Å². The minimum Gasteiger partial charge on any atom is -0.493 e. The number of ether oxygens (including phenoxy) is 2. The van der Waals surface area contributed by atoms with Gasteiger partial charge >= 0.3 is 0 Å². The van der Waals surface area contributed by atoms with E-state index in [-0.39, 0.29) is 18.0 Å². The van der Waals surface area contributed by atoms with Crippen LogP contribution in [-0.2, 0) is 11.3 Å². The number of nitrogens with one attached hydrogen (secondary N) is 1. The third kappa shape index (κ3) is 3.18. The Hall–Kier alpha value is -3.39. The van der Waals surface area contributed by atoms with Crippen molar-refractivity contribution >= 4 is 43.2 Å². The van der Waals surface area contributed by atoms with E-state index in [1.54, 1.807) is 25.3 Å². The molecule has 2 aromatic carbocycles. The highest BCUT2D eigenvalue weighted by Crippen LogP contribution is 2.30. The normalized spacial score (nSPS) is 10.9. The lowest BCUT2D eigenvalue weighted by Crippen LogP contribution is -2.27. The number of anilines is 1. The molecule has 0 bridgehead atoms. The number of hydrogen-bond donors (Lipinski definition) is 1. The molecule has 142 valence electrons. The van der Waals surface area contributed by atoms with Crippen LogP contribution in [0.15, 0.2) is 53.6 Å². The molecule has 0 unspecified atom stereocenters. The number of thiophene rings is 1. The Labute approximate surface area is 164 Å². The Morgan fingerprint density at radius 2 is 1.93 bits per heavy atom. The summed E-state index contributed by atoms with van der Waals surface area (Å²) < 4.78 is 13.3. The molecule has 8 heteroatoms. The Morgan fingerprint density at radius 1 is 1.14 bits per heavy atom. The molecule has 1 amide bonds. The van der Waals surface area contributed by atoms with Gasteiger partial charge in [0.1, 0.15) is 11.2 Å². The average molecular weight is 395 g/mol. The van der Waals surface area contributed by atoms with E-state index in [1.807, 2.05) is 24.3 Å². The second-order valence-electron chi connectivity index (χ2n) is 6.07. The molecule has 4 aromatic rings. The van der Waals surface area contributed by atoms with Crippen LogP contribution in [0.4, 0.5) is 5.69 Å². The number of nitrogens with zero attached hydrogens (tertiary/aromatic N) is 2. The van der Waals surface area contributed by atoms with E-state index in [9.17, 15) is 9.59 Å². The molecular formula is C20H17N3O4S. The number of aromatic nitrogens is 2.